The summed E-state index contributed by atoms with van der Waals surface area (Å²) in [5.41, 5.74) is 6.95. The molecule has 0 spiro atoms. The number of nitrogen functional groups attached to an aromatic ring is 1. The number of rotatable bonds is 5. The predicted molar refractivity (Wildman–Crippen MR) is 82.0 cm³/mol. The molecule has 0 aliphatic rings. The van der Waals surface area contributed by atoms with E-state index >= 15 is 0 Å². The van der Waals surface area contributed by atoms with E-state index < -0.39 is 10.8 Å². The summed E-state index contributed by atoms with van der Waals surface area (Å²) in [6.07, 6.45) is 2.34. The molecule has 1 heterocycles. The molecular weight excluding hydrogens is 274 g/mol. The monoisotopic (exact) mass is 291 g/mol. The van der Waals surface area contributed by atoms with Gasteiger partial charge in [0.1, 0.15) is 5.82 Å². The van der Waals surface area contributed by atoms with Crippen molar-refractivity contribution in [1.82, 2.24) is 10.3 Å². The smallest absolute Gasteiger partial charge is 0.252 e. The fourth-order valence-corrected chi connectivity index (χ4v) is 2.51. The minimum Gasteiger partial charge on any atom is -0.384 e. The van der Waals surface area contributed by atoms with E-state index in [4.69, 9.17) is 5.73 Å². The highest BCUT2D eigenvalue weighted by molar-refractivity contribution is 7.84. The van der Waals surface area contributed by atoms with Crippen LogP contribution >= 0.6 is 0 Å². The first-order valence-corrected chi connectivity index (χ1v) is 8.04. The molecule has 106 valence electrons. The summed E-state index contributed by atoms with van der Waals surface area (Å²) in [6, 6.07) is 8.96. The quantitative estimate of drug-likeness (QED) is 0.814. The van der Waals surface area contributed by atoms with Crippen molar-refractivity contribution in [3.8, 4) is 0 Å². The Labute approximate surface area is 120 Å². The molecule has 1 aromatic carbocycles. The van der Waals surface area contributed by atoms with Crippen LogP contribution in [0.25, 0.3) is 10.9 Å². The maximum absolute atomic E-state index is 12.2. The Morgan fingerprint density at radius 3 is 2.90 bits per heavy atom. The highest BCUT2D eigenvalue weighted by Crippen LogP contribution is 2.19. The standard InChI is InChI=1S/C14H17N3O2S/c1-20(19)8-4-7-16-14(18)11-9-13(15)17-12-6-3-2-5-10(11)12/h2-3,5-6,9H,4,7-8H2,1H3,(H2,15,17)(H,16,18). The molecule has 0 saturated carbocycles. The van der Waals surface area contributed by atoms with Crippen LogP contribution in [0.2, 0.25) is 0 Å². The number of carbonyl (C=O) groups is 1. The van der Waals surface area contributed by atoms with Gasteiger partial charge in [0.2, 0.25) is 0 Å². The molecule has 0 bridgehead atoms. The van der Waals surface area contributed by atoms with Gasteiger partial charge in [-0.2, -0.15) is 0 Å². The van der Waals surface area contributed by atoms with Crippen LogP contribution in [0.15, 0.2) is 30.3 Å². The molecule has 0 aliphatic heterocycles. The van der Waals surface area contributed by atoms with Crippen LogP contribution in [0.5, 0.6) is 0 Å². The first-order valence-electron chi connectivity index (χ1n) is 6.31. The van der Waals surface area contributed by atoms with Gasteiger partial charge >= 0.3 is 0 Å². The summed E-state index contributed by atoms with van der Waals surface area (Å²) >= 11 is 0. The molecule has 0 radical (unpaired) electrons. The number of para-hydroxylation sites is 1. The Hall–Kier alpha value is -1.95. The molecule has 0 saturated heterocycles. The van der Waals surface area contributed by atoms with E-state index in [9.17, 15) is 9.00 Å². The minimum absolute atomic E-state index is 0.183. The lowest BCUT2D eigenvalue weighted by molar-refractivity contribution is 0.0955. The third-order valence-corrected chi connectivity index (χ3v) is 3.74. The Morgan fingerprint density at radius 1 is 1.40 bits per heavy atom. The number of fused-ring (bicyclic) bond motifs is 1. The normalized spacial score (nSPS) is 12.2. The van der Waals surface area contributed by atoms with E-state index in [0.29, 0.717) is 35.6 Å². The number of anilines is 1. The Kier molecular flexibility index (Phi) is 4.68. The van der Waals surface area contributed by atoms with Crippen LogP contribution in [0.3, 0.4) is 0 Å². The van der Waals surface area contributed by atoms with Crippen LogP contribution in [0.1, 0.15) is 16.8 Å². The minimum atomic E-state index is -0.832. The number of hydrogen-bond donors (Lipinski definition) is 2. The highest BCUT2D eigenvalue weighted by atomic mass is 32.2. The number of aromatic nitrogens is 1. The van der Waals surface area contributed by atoms with Gasteiger partial charge in [0.25, 0.3) is 5.91 Å². The largest absolute Gasteiger partial charge is 0.384 e. The summed E-state index contributed by atoms with van der Waals surface area (Å²) in [4.78, 5) is 16.4. The molecule has 0 fully saturated rings. The molecule has 1 unspecified atom stereocenters. The van der Waals surface area contributed by atoms with E-state index in [0.717, 1.165) is 5.39 Å². The number of hydrogen-bond acceptors (Lipinski definition) is 4. The van der Waals surface area contributed by atoms with E-state index in [2.05, 4.69) is 10.3 Å². The van der Waals surface area contributed by atoms with E-state index in [1.54, 1.807) is 12.3 Å². The molecule has 1 atom stereocenters. The number of nitrogens with two attached hydrogens (primary N) is 1. The van der Waals surface area contributed by atoms with E-state index in [1.807, 2.05) is 24.3 Å². The van der Waals surface area contributed by atoms with E-state index in [-0.39, 0.29) is 5.91 Å². The lowest BCUT2D eigenvalue weighted by Gasteiger charge is -2.08. The van der Waals surface area contributed by atoms with Gasteiger partial charge in [-0.3, -0.25) is 9.00 Å². The molecule has 1 amide bonds. The molecule has 2 aromatic rings. The number of benzene rings is 1. The summed E-state index contributed by atoms with van der Waals surface area (Å²) in [5.74, 6) is 0.722. The molecule has 5 nitrogen and oxygen atoms in total. The summed E-state index contributed by atoms with van der Waals surface area (Å²) in [6.45, 7) is 0.495. The van der Waals surface area contributed by atoms with Gasteiger partial charge in [-0.1, -0.05) is 18.2 Å². The number of pyridine rings is 1. The van der Waals surface area contributed by atoms with Crippen molar-refractivity contribution in [3.63, 3.8) is 0 Å². The van der Waals surface area contributed by atoms with Crippen LogP contribution in [-0.2, 0) is 10.8 Å². The number of nitrogens with one attached hydrogen (secondary N) is 1. The van der Waals surface area contributed by atoms with Crippen LogP contribution in [0.4, 0.5) is 5.82 Å². The fourth-order valence-electron chi connectivity index (χ4n) is 1.96. The second kappa shape index (κ2) is 6.47. The molecule has 1 aromatic heterocycles. The number of nitrogens with zero attached hydrogens (tertiary/aromatic N) is 1. The fraction of sp³-hybridized carbons (Fsp3) is 0.286. The number of carbonyl (C=O) groups excluding carboxylic acids is 1. The zero-order valence-electron chi connectivity index (χ0n) is 11.3. The third kappa shape index (κ3) is 3.54. The van der Waals surface area contributed by atoms with Crippen LogP contribution in [-0.4, -0.2) is 33.7 Å². The molecular formula is C14H17N3O2S. The third-order valence-electron chi connectivity index (χ3n) is 2.87. The Balaban J connectivity index is 2.15. The number of amides is 1. The highest BCUT2D eigenvalue weighted by Gasteiger charge is 2.11. The van der Waals surface area contributed by atoms with Gasteiger partial charge in [-0.05, 0) is 18.6 Å². The average molecular weight is 291 g/mol. The van der Waals surface area contributed by atoms with Gasteiger partial charge in [0, 0.05) is 34.7 Å². The summed E-state index contributed by atoms with van der Waals surface area (Å²) < 4.78 is 11.0. The molecule has 3 N–H and O–H groups in total. The van der Waals surface area contributed by atoms with Crippen molar-refractivity contribution in [1.29, 1.82) is 0 Å². The van der Waals surface area contributed by atoms with Crippen molar-refractivity contribution in [2.24, 2.45) is 0 Å². The Morgan fingerprint density at radius 2 is 2.15 bits per heavy atom. The van der Waals surface area contributed by atoms with Crippen molar-refractivity contribution < 1.29 is 9.00 Å². The van der Waals surface area contributed by atoms with Crippen LogP contribution < -0.4 is 11.1 Å². The topological polar surface area (TPSA) is 85.1 Å². The van der Waals surface area contributed by atoms with Gasteiger partial charge in [0.05, 0.1) is 11.1 Å². The molecule has 20 heavy (non-hydrogen) atoms. The zero-order valence-corrected chi connectivity index (χ0v) is 12.1. The summed E-state index contributed by atoms with van der Waals surface area (Å²) in [7, 11) is -0.832. The lowest BCUT2D eigenvalue weighted by Crippen LogP contribution is -2.25. The van der Waals surface area contributed by atoms with Crippen LogP contribution in [0, 0.1) is 0 Å². The molecule has 2 rings (SSSR count). The van der Waals surface area contributed by atoms with Crippen molar-refractivity contribution in [3.05, 3.63) is 35.9 Å². The predicted octanol–water partition coefficient (Wildman–Crippen LogP) is 1.32. The maximum Gasteiger partial charge on any atom is 0.252 e. The van der Waals surface area contributed by atoms with Crippen molar-refractivity contribution in [2.45, 2.75) is 6.42 Å². The maximum atomic E-state index is 12.2. The van der Waals surface area contributed by atoms with Crippen molar-refractivity contribution in [2.75, 3.05) is 24.3 Å². The van der Waals surface area contributed by atoms with Gasteiger partial charge < -0.3 is 11.1 Å². The second-order valence-electron chi connectivity index (χ2n) is 4.50. The summed E-state index contributed by atoms with van der Waals surface area (Å²) in [5, 5.41) is 3.59. The SMILES string of the molecule is CS(=O)CCCNC(=O)c1cc(N)nc2ccccc12. The lowest BCUT2D eigenvalue weighted by atomic mass is 10.1. The molecule has 6 heteroatoms. The first kappa shape index (κ1) is 14.5. The van der Waals surface area contributed by atoms with Gasteiger partial charge in [-0.25, -0.2) is 4.98 Å². The first-order chi connectivity index (χ1) is 9.58. The van der Waals surface area contributed by atoms with Gasteiger partial charge in [-0.15, -0.1) is 0 Å². The Bertz CT molecular complexity index is 658. The molecule has 0 aliphatic carbocycles. The second-order valence-corrected chi connectivity index (χ2v) is 6.05. The van der Waals surface area contributed by atoms with E-state index in [1.165, 1.54) is 0 Å². The van der Waals surface area contributed by atoms with Crippen molar-refractivity contribution >= 4 is 33.4 Å². The average Bonchev–Trinajstić information content (AvgIpc) is 2.42. The zero-order chi connectivity index (χ0) is 14.5. The van der Waals surface area contributed by atoms with Gasteiger partial charge in [0.15, 0.2) is 0 Å².